The second-order valence-corrected chi connectivity index (χ2v) is 7.25. The first-order valence-corrected chi connectivity index (χ1v) is 7.71. The van der Waals surface area contributed by atoms with Crippen LogP contribution in [0.15, 0.2) is 0 Å². The van der Waals surface area contributed by atoms with E-state index >= 15 is 0 Å². The smallest absolute Gasteiger partial charge is 0.241 e. The van der Waals surface area contributed by atoms with Gasteiger partial charge in [0.25, 0.3) is 0 Å². The summed E-state index contributed by atoms with van der Waals surface area (Å²) in [6.45, 7) is 2.98. The average molecular weight is 277 g/mol. The molecule has 0 spiro atoms. The van der Waals surface area contributed by atoms with E-state index in [4.69, 9.17) is 5.73 Å². The predicted molar refractivity (Wildman–Crippen MR) is 70.4 cm³/mol. The van der Waals surface area contributed by atoms with Crippen LogP contribution >= 0.6 is 0 Å². The van der Waals surface area contributed by atoms with Crippen molar-refractivity contribution >= 4 is 15.9 Å². The number of nitrogens with zero attached hydrogens (tertiary/aromatic N) is 2. The highest BCUT2D eigenvalue weighted by molar-refractivity contribution is 7.90. The van der Waals surface area contributed by atoms with E-state index in [1.807, 2.05) is 0 Å². The number of carbonyl (C=O) groups excluding carboxylic acids is 1. The Kier molecular flexibility index (Phi) is 5.12. The Morgan fingerprint density at radius 3 is 2.28 bits per heavy atom. The number of amides is 1. The average Bonchev–Trinajstić information content (AvgIpc) is 2.36. The molecule has 1 aliphatic heterocycles. The molecular weight excluding hydrogens is 254 g/mol. The summed E-state index contributed by atoms with van der Waals surface area (Å²) in [6, 6.07) is 0. The van der Waals surface area contributed by atoms with Crippen molar-refractivity contribution in [2.75, 3.05) is 33.7 Å². The zero-order chi connectivity index (χ0) is 13.9. The summed E-state index contributed by atoms with van der Waals surface area (Å²) in [5.74, 6) is 0.0206. The highest BCUT2D eigenvalue weighted by atomic mass is 32.2. The molecule has 0 bridgehead atoms. The van der Waals surface area contributed by atoms with E-state index in [0.29, 0.717) is 25.6 Å². The van der Waals surface area contributed by atoms with E-state index in [-0.39, 0.29) is 5.91 Å². The van der Waals surface area contributed by atoms with Gasteiger partial charge in [-0.1, -0.05) is 0 Å². The van der Waals surface area contributed by atoms with Crippen molar-refractivity contribution in [1.82, 2.24) is 9.21 Å². The summed E-state index contributed by atoms with van der Waals surface area (Å²) < 4.78 is 26.0. The van der Waals surface area contributed by atoms with Crippen LogP contribution in [-0.4, -0.2) is 62.5 Å². The minimum Gasteiger partial charge on any atom is -0.348 e. The molecule has 7 heteroatoms. The van der Waals surface area contributed by atoms with E-state index in [2.05, 4.69) is 0 Å². The summed E-state index contributed by atoms with van der Waals surface area (Å²) in [5, 5.41) is -1.01. The summed E-state index contributed by atoms with van der Waals surface area (Å²) >= 11 is 0. The Labute approximate surface area is 109 Å². The molecule has 0 aromatic carbocycles. The molecule has 1 fully saturated rings. The van der Waals surface area contributed by atoms with Gasteiger partial charge >= 0.3 is 0 Å². The molecule has 0 radical (unpaired) electrons. The minimum atomic E-state index is -3.54. The standard InChI is InChI=1S/C11H23N3O3S/c1-9(11(15)13(2)3)18(16,17)14-6-4-10(8-12)5-7-14/h9-10H,4-8,12H2,1-3H3. The van der Waals surface area contributed by atoms with Crippen molar-refractivity contribution in [3.63, 3.8) is 0 Å². The summed E-state index contributed by atoms with van der Waals surface area (Å²) in [4.78, 5) is 13.1. The molecule has 1 heterocycles. The van der Waals surface area contributed by atoms with Crippen LogP contribution in [0.2, 0.25) is 0 Å². The van der Waals surface area contributed by atoms with Gasteiger partial charge in [-0.3, -0.25) is 4.79 Å². The Balaban J connectivity index is 2.73. The van der Waals surface area contributed by atoms with Gasteiger partial charge in [-0.2, -0.15) is 0 Å². The molecule has 2 N–H and O–H groups in total. The van der Waals surface area contributed by atoms with Crippen molar-refractivity contribution in [2.45, 2.75) is 25.0 Å². The zero-order valence-corrected chi connectivity index (χ0v) is 12.1. The Bertz CT molecular complexity index is 386. The molecule has 1 saturated heterocycles. The maximum atomic E-state index is 12.3. The van der Waals surface area contributed by atoms with Gasteiger partial charge in [-0.05, 0) is 32.2 Å². The third-order valence-electron chi connectivity index (χ3n) is 3.50. The molecule has 1 aliphatic rings. The van der Waals surface area contributed by atoms with Gasteiger partial charge in [-0.25, -0.2) is 12.7 Å². The maximum Gasteiger partial charge on any atom is 0.241 e. The molecule has 6 nitrogen and oxygen atoms in total. The highest BCUT2D eigenvalue weighted by Crippen LogP contribution is 2.21. The van der Waals surface area contributed by atoms with Crippen LogP contribution in [0.5, 0.6) is 0 Å². The first-order chi connectivity index (χ1) is 8.30. The van der Waals surface area contributed by atoms with Crippen LogP contribution < -0.4 is 5.73 Å². The third kappa shape index (κ3) is 3.21. The van der Waals surface area contributed by atoms with Crippen LogP contribution in [0.4, 0.5) is 0 Å². The van der Waals surface area contributed by atoms with Gasteiger partial charge in [0.2, 0.25) is 15.9 Å². The molecule has 0 aromatic rings. The lowest BCUT2D eigenvalue weighted by Gasteiger charge is -2.32. The van der Waals surface area contributed by atoms with Gasteiger partial charge < -0.3 is 10.6 Å². The minimum absolute atomic E-state index is 0.379. The van der Waals surface area contributed by atoms with Gasteiger partial charge in [0.05, 0.1) is 0 Å². The number of nitrogens with two attached hydrogens (primary N) is 1. The van der Waals surface area contributed by atoms with Crippen LogP contribution in [-0.2, 0) is 14.8 Å². The second-order valence-electron chi connectivity index (χ2n) is 5.00. The normalized spacial score (nSPS) is 20.7. The van der Waals surface area contributed by atoms with Crippen LogP contribution in [0.1, 0.15) is 19.8 Å². The second kappa shape index (κ2) is 5.99. The molecule has 1 amide bonds. The van der Waals surface area contributed by atoms with E-state index in [9.17, 15) is 13.2 Å². The molecule has 0 aromatic heterocycles. The first-order valence-electron chi connectivity index (χ1n) is 6.21. The number of sulfonamides is 1. The Morgan fingerprint density at radius 2 is 1.89 bits per heavy atom. The molecule has 106 valence electrons. The predicted octanol–water partition coefficient (Wildman–Crippen LogP) is -0.536. The monoisotopic (exact) mass is 277 g/mol. The molecule has 1 rings (SSSR count). The summed E-state index contributed by atoms with van der Waals surface area (Å²) in [7, 11) is -0.408. The Hall–Kier alpha value is -0.660. The number of hydrogen-bond donors (Lipinski definition) is 1. The highest BCUT2D eigenvalue weighted by Gasteiger charge is 2.36. The molecular formula is C11H23N3O3S. The lowest BCUT2D eigenvalue weighted by Crippen LogP contribution is -2.48. The maximum absolute atomic E-state index is 12.3. The Morgan fingerprint density at radius 1 is 1.39 bits per heavy atom. The zero-order valence-electron chi connectivity index (χ0n) is 11.3. The number of carbonyl (C=O) groups is 1. The third-order valence-corrected chi connectivity index (χ3v) is 5.68. The fourth-order valence-corrected chi connectivity index (χ4v) is 3.75. The van der Waals surface area contributed by atoms with Gasteiger partial charge in [0.1, 0.15) is 0 Å². The molecule has 0 saturated carbocycles. The summed E-state index contributed by atoms with van der Waals surface area (Å²) in [6.07, 6.45) is 1.55. The quantitative estimate of drug-likeness (QED) is 0.748. The van der Waals surface area contributed by atoms with E-state index in [0.717, 1.165) is 12.8 Å². The molecule has 0 aliphatic carbocycles. The fourth-order valence-electron chi connectivity index (χ4n) is 2.11. The fraction of sp³-hybridized carbons (Fsp3) is 0.909. The van der Waals surface area contributed by atoms with Crippen molar-refractivity contribution in [3.05, 3.63) is 0 Å². The van der Waals surface area contributed by atoms with Crippen LogP contribution in [0.3, 0.4) is 0 Å². The number of hydrogen-bond acceptors (Lipinski definition) is 4. The number of piperidine rings is 1. The lowest BCUT2D eigenvalue weighted by molar-refractivity contribution is -0.128. The first kappa shape index (κ1) is 15.4. The van der Waals surface area contributed by atoms with E-state index in [1.165, 1.54) is 16.1 Å². The van der Waals surface area contributed by atoms with Gasteiger partial charge in [0, 0.05) is 27.2 Å². The topological polar surface area (TPSA) is 83.7 Å². The number of rotatable bonds is 4. The SMILES string of the molecule is CC(C(=O)N(C)C)S(=O)(=O)N1CCC(CN)CC1. The molecule has 1 atom stereocenters. The van der Waals surface area contributed by atoms with Crippen molar-refractivity contribution in [2.24, 2.45) is 11.7 Å². The van der Waals surface area contributed by atoms with E-state index < -0.39 is 15.3 Å². The summed E-state index contributed by atoms with van der Waals surface area (Å²) in [5.41, 5.74) is 5.58. The largest absolute Gasteiger partial charge is 0.348 e. The van der Waals surface area contributed by atoms with E-state index in [1.54, 1.807) is 14.1 Å². The van der Waals surface area contributed by atoms with Gasteiger partial charge in [0.15, 0.2) is 5.25 Å². The molecule has 1 unspecified atom stereocenters. The lowest BCUT2D eigenvalue weighted by atomic mass is 9.99. The van der Waals surface area contributed by atoms with Crippen molar-refractivity contribution < 1.29 is 13.2 Å². The van der Waals surface area contributed by atoms with Gasteiger partial charge in [-0.15, -0.1) is 0 Å². The van der Waals surface area contributed by atoms with Crippen LogP contribution in [0, 0.1) is 5.92 Å². The molecule has 18 heavy (non-hydrogen) atoms. The van der Waals surface area contributed by atoms with Crippen molar-refractivity contribution in [1.29, 1.82) is 0 Å². The van der Waals surface area contributed by atoms with Crippen molar-refractivity contribution in [3.8, 4) is 0 Å². The van der Waals surface area contributed by atoms with Crippen LogP contribution in [0.25, 0.3) is 0 Å².